The molecule has 1 aromatic heterocycles. The lowest BCUT2D eigenvalue weighted by Gasteiger charge is -2.12. The van der Waals surface area contributed by atoms with Gasteiger partial charge >= 0.3 is 5.97 Å². The number of hydrogen-bond acceptors (Lipinski definition) is 6. The Balaban J connectivity index is 1.61. The molecule has 0 saturated heterocycles. The number of nitrogens with zero attached hydrogens (tertiary/aromatic N) is 1. The maximum atomic E-state index is 13.1. The van der Waals surface area contributed by atoms with Crippen LogP contribution in [0.1, 0.15) is 53.2 Å². The molecule has 2 aromatic carbocycles. The van der Waals surface area contributed by atoms with E-state index in [0.29, 0.717) is 16.0 Å². The Morgan fingerprint density at radius 1 is 1.03 bits per heavy atom. The zero-order chi connectivity index (χ0) is 22.8. The molecule has 0 unspecified atom stereocenters. The van der Waals surface area contributed by atoms with Crippen molar-refractivity contribution in [2.45, 2.75) is 13.5 Å². The summed E-state index contributed by atoms with van der Waals surface area (Å²) in [4.78, 5) is 51.9. The fraction of sp³-hybridized carbons (Fsp3) is 0.130. The lowest BCUT2D eigenvalue weighted by atomic mass is 10.1. The van der Waals surface area contributed by atoms with E-state index in [4.69, 9.17) is 4.74 Å². The summed E-state index contributed by atoms with van der Waals surface area (Å²) >= 11 is 1.06. The molecule has 0 aliphatic carbocycles. The van der Waals surface area contributed by atoms with E-state index >= 15 is 0 Å². The SMILES string of the molecule is CCOC(=O)c1cc(CN2C(=O)c3ccccc3C2=O)sc1NC(=O)c1ccc(F)cc1. The van der Waals surface area contributed by atoms with E-state index in [1.807, 2.05) is 0 Å². The molecule has 4 rings (SSSR count). The number of hydrogen-bond donors (Lipinski definition) is 1. The summed E-state index contributed by atoms with van der Waals surface area (Å²) in [6, 6.07) is 13.0. The molecule has 0 spiro atoms. The van der Waals surface area contributed by atoms with Crippen LogP contribution in [0.4, 0.5) is 9.39 Å². The van der Waals surface area contributed by atoms with Crippen molar-refractivity contribution in [1.29, 1.82) is 0 Å². The Morgan fingerprint density at radius 3 is 2.25 bits per heavy atom. The molecule has 1 N–H and O–H groups in total. The molecule has 9 heteroatoms. The molecule has 3 amide bonds. The van der Waals surface area contributed by atoms with Crippen LogP contribution >= 0.6 is 11.3 Å². The van der Waals surface area contributed by atoms with Gasteiger partial charge in [-0.15, -0.1) is 11.3 Å². The lowest BCUT2D eigenvalue weighted by molar-refractivity contribution is 0.0527. The molecule has 32 heavy (non-hydrogen) atoms. The van der Waals surface area contributed by atoms with Crippen LogP contribution in [-0.2, 0) is 11.3 Å². The zero-order valence-electron chi connectivity index (χ0n) is 16.9. The van der Waals surface area contributed by atoms with Crippen LogP contribution in [0.3, 0.4) is 0 Å². The summed E-state index contributed by atoms with van der Waals surface area (Å²) in [6.07, 6.45) is 0. The molecule has 0 saturated carbocycles. The van der Waals surface area contributed by atoms with Crippen LogP contribution in [0.15, 0.2) is 54.6 Å². The van der Waals surface area contributed by atoms with Gasteiger partial charge in [0.2, 0.25) is 0 Å². The van der Waals surface area contributed by atoms with Gasteiger partial charge in [0.25, 0.3) is 17.7 Å². The minimum Gasteiger partial charge on any atom is -0.462 e. The number of nitrogens with one attached hydrogen (secondary N) is 1. The summed E-state index contributed by atoms with van der Waals surface area (Å²) in [7, 11) is 0. The van der Waals surface area contributed by atoms with Crippen molar-refractivity contribution >= 4 is 40.0 Å². The molecule has 1 aliphatic heterocycles. The number of imide groups is 1. The first-order valence-corrected chi connectivity index (χ1v) is 10.5. The fourth-order valence-corrected chi connectivity index (χ4v) is 4.32. The minimum atomic E-state index is -0.647. The van der Waals surface area contributed by atoms with Gasteiger partial charge in [-0.25, -0.2) is 9.18 Å². The van der Waals surface area contributed by atoms with Gasteiger partial charge in [-0.05, 0) is 49.4 Å². The summed E-state index contributed by atoms with van der Waals surface area (Å²) in [6.45, 7) is 1.73. The quantitative estimate of drug-likeness (QED) is 0.449. The van der Waals surface area contributed by atoms with Gasteiger partial charge in [0.1, 0.15) is 10.8 Å². The van der Waals surface area contributed by atoms with Crippen molar-refractivity contribution in [2.24, 2.45) is 0 Å². The number of thiophene rings is 1. The van der Waals surface area contributed by atoms with E-state index in [1.165, 1.54) is 18.2 Å². The number of benzene rings is 2. The van der Waals surface area contributed by atoms with Gasteiger partial charge < -0.3 is 10.1 Å². The zero-order valence-corrected chi connectivity index (χ0v) is 17.7. The average molecular weight is 452 g/mol. The van der Waals surface area contributed by atoms with E-state index in [9.17, 15) is 23.6 Å². The molecule has 0 radical (unpaired) electrons. The van der Waals surface area contributed by atoms with E-state index in [-0.39, 0.29) is 29.3 Å². The Hall–Kier alpha value is -3.85. The van der Waals surface area contributed by atoms with Gasteiger partial charge in [-0.3, -0.25) is 19.3 Å². The third-order valence-corrected chi connectivity index (χ3v) is 5.84. The first kappa shape index (κ1) is 21.4. The van der Waals surface area contributed by atoms with Crippen molar-refractivity contribution < 1.29 is 28.3 Å². The smallest absolute Gasteiger partial charge is 0.341 e. The molecule has 0 fully saturated rings. The predicted octanol–water partition coefficient (Wildman–Crippen LogP) is 4.11. The van der Waals surface area contributed by atoms with E-state index in [1.54, 1.807) is 31.2 Å². The highest BCUT2D eigenvalue weighted by atomic mass is 32.1. The normalized spacial score (nSPS) is 12.6. The number of anilines is 1. The number of carbonyl (C=O) groups excluding carboxylic acids is 4. The van der Waals surface area contributed by atoms with Gasteiger partial charge in [-0.1, -0.05) is 12.1 Å². The maximum absolute atomic E-state index is 13.1. The van der Waals surface area contributed by atoms with Crippen molar-refractivity contribution in [2.75, 3.05) is 11.9 Å². The molecule has 162 valence electrons. The largest absolute Gasteiger partial charge is 0.462 e. The maximum Gasteiger partial charge on any atom is 0.341 e. The van der Waals surface area contributed by atoms with Crippen LogP contribution in [0.5, 0.6) is 0 Å². The third-order valence-electron chi connectivity index (χ3n) is 4.80. The molecule has 0 atom stereocenters. The van der Waals surface area contributed by atoms with Crippen LogP contribution in [0.25, 0.3) is 0 Å². The third kappa shape index (κ3) is 4.02. The molecular formula is C23H17FN2O5S. The summed E-state index contributed by atoms with van der Waals surface area (Å²) < 4.78 is 18.2. The molecule has 3 aromatic rings. The van der Waals surface area contributed by atoms with Gasteiger partial charge in [0, 0.05) is 10.4 Å². The first-order valence-electron chi connectivity index (χ1n) is 9.71. The summed E-state index contributed by atoms with van der Waals surface area (Å²) in [5.74, 6) is -2.51. The van der Waals surface area contributed by atoms with Crippen molar-refractivity contribution in [3.63, 3.8) is 0 Å². The highest BCUT2D eigenvalue weighted by Crippen LogP contribution is 2.32. The number of ether oxygens (including phenoxy) is 1. The lowest BCUT2D eigenvalue weighted by Crippen LogP contribution is -2.28. The number of halogens is 1. The van der Waals surface area contributed by atoms with Crippen LogP contribution in [0, 0.1) is 5.82 Å². The van der Waals surface area contributed by atoms with Gasteiger partial charge in [-0.2, -0.15) is 0 Å². The fourth-order valence-electron chi connectivity index (χ4n) is 3.29. The number of amides is 3. The van der Waals surface area contributed by atoms with Gasteiger partial charge in [0.05, 0.1) is 29.8 Å². The van der Waals surface area contributed by atoms with Crippen LogP contribution < -0.4 is 5.32 Å². The Labute approximate surface area is 186 Å². The number of rotatable bonds is 6. The second-order valence-electron chi connectivity index (χ2n) is 6.88. The van der Waals surface area contributed by atoms with Crippen molar-refractivity contribution in [1.82, 2.24) is 4.90 Å². The predicted molar refractivity (Wildman–Crippen MR) is 115 cm³/mol. The van der Waals surface area contributed by atoms with E-state index < -0.39 is 29.5 Å². The topological polar surface area (TPSA) is 92.8 Å². The Bertz CT molecular complexity index is 1200. The van der Waals surface area contributed by atoms with Crippen LogP contribution in [-0.4, -0.2) is 35.2 Å². The number of fused-ring (bicyclic) bond motifs is 1. The molecular weight excluding hydrogens is 435 g/mol. The first-order chi connectivity index (χ1) is 15.4. The minimum absolute atomic E-state index is 0.0597. The standard InChI is InChI=1S/C23H17FN2O5S/c1-2-31-23(30)18-11-15(12-26-21(28)16-5-3-4-6-17(16)22(26)29)32-20(18)25-19(27)13-7-9-14(24)10-8-13/h3-11H,2,12H2,1H3,(H,25,27). The Kier molecular flexibility index (Phi) is 5.83. The van der Waals surface area contributed by atoms with Crippen molar-refractivity contribution in [3.8, 4) is 0 Å². The van der Waals surface area contributed by atoms with Crippen LogP contribution in [0.2, 0.25) is 0 Å². The monoisotopic (exact) mass is 452 g/mol. The Morgan fingerprint density at radius 2 is 1.66 bits per heavy atom. The highest BCUT2D eigenvalue weighted by molar-refractivity contribution is 7.16. The number of esters is 1. The number of carbonyl (C=O) groups is 4. The van der Waals surface area contributed by atoms with E-state index in [0.717, 1.165) is 28.4 Å². The summed E-state index contributed by atoms with van der Waals surface area (Å²) in [5.41, 5.74) is 0.962. The second kappa shape index (κ2) is 8.72. The van der Waals surface area contributed by atoms with E-state index in [2.05, 4.69) is 5.32 Å². The summed E-state index contributed by atoms with van der Waals surface area (Å²) in [5, 5.41) is 2.85. The van der Waals surface area contributed by atoms with Gasteiger partial charge in [0.15, 0.2) is 0 Å². The average Bonchev–Trinajstić information content (AvgIpc) is 3.29. The van der Waals surface area contributed by atoms with Crippen molar-refractivity contribution in [3.05, 3.63) is 87.5 Å². The molecule has 7 nitrogen and oxygen atoms in total. The second-order valence-corrected chi connectivity index (χ2v) is 8.02. The molecule has 0 bridgehead atoms. The molecule has 2 heterocycles. The molecule has 1 aliphatic rings. The highest BCUT2D eigenvalue weighted by Gasteiger charge is 2.35.